The normalized spacial score (nSPS) is 28.5. The molecular formula is C25H26N2O6S. The summed E-state index contributed by atoms with van der Waals surface area (Å²) in [6, 6.07) is 5.64. The van der Waals surface area contributed by atoms with Crippen molar-refractivity contribution in [3.05, 3.63) is 51.7 Å². The number of esters is 1. The maximum atomic E-state index is 13.8. The summed E-state index contributed by atoms with van der Waals surface area (Å²) >= 11 is 1.04. The van der Waals surface area contributed by atoms with Gasteiger partial charge in [-0.05, 0) is 49.3 Å². The Hall–Kier alpha value is -3.20. The predicted octanol–water partition coefficient (Wildman–Crippen LogP) is 3.94. The number of aromatic hydroxyl groups is 1. The van der Waals surface area contributed by atoms with Gasteiger partial charge >= 0.3 is 5.97 Å². The third-order valence-electron chi connectivity index (χ3n) is 7.28. The number of hydrogen-bond acceptors (Lipinski definition) is 8. The lowest BCUT2D eigenvalue weighted by molar-refractivity contribution is -0.134. The van der Waals surface area contributed by atoms with Gasteiger partial charge in [0.2, 0.25) is 0 Å². The number of amides is 1. The number of carbonyl (C=O) groups excluding carboxylic acids is 3. The number of nitrogens with zero attached hydrogens (tertiary/aromatic N) is 2. The highest BCUT2D eigenvalue weighted by atomic mass is 32.1. The number of rotatable bonds is 3. The molecule has 3 aliphatic rings. The van der Waals surface area contributed by atoms with Crippen LogP contribution in [0.15, 0.2) is 35.6 Å². The summed E-state index contributed by atoms with van der Waals surface area (Å²) in [5.41, 5.74) is 1.42. The number of carbonyl (C=O) groups is 3. The molecular weight excluding hydrogens is 456 g/mol. The van der Waals surface area contributed by atoms with Crippen LogP contribution in [0.3, 0.4) is 0 Å². The lowest BCUT2D eigenvalue weighted by Crippen LogP contribution is -2.43. The summed E-state index contributed by atoms with van der Waals surface area (Å²) in [4.78, 5) is 46.0. The summed E-state index contributed by atoms with van der Waals surface area (Å²) in [6.45, 7) is 5.97. The number of Topliss-reactive ketones (excluding diaryl/α,β-unsaturated/α-hetero) is 1. The fraction of sp³-hybridized carbons (Fsp3) is 0.440. The number of aryl methyl sites for hydroxylation is 1. The fourth-order valence-electron chi connectivity index (χ4n) is 5.20. The molecule has 3 heterocycles. The average molecular weight is 483 g/mol. The van der Waals surface area contributed by atoms with Gasteiger partial charge in [0, 0.05) is 0 Å². The molecule has 9 heteroatoms. The monoisotopic (exact) mass is 482 g/mol. The quantitative estimate of drug-likeness (QED) is 0.661. The molecule has 0 spiro atoms. The van der Waals surface area contributed by atoms with Gasteiger partial charge in [0.05, 0.1) is 30.3 Å². The molecule has 34 heavy (non-hydrogen) atoms. The molecule has 1 aromatic heterocycles. The van der Waals surface area contributed by atoms with Crippen LogP contribution in [0.5, 0.6) is 5.75 Å². The van der Waals surface area contributed by atoms with E-state index in [1.807, 2.05) is 0 Å². The second-order valence-corrected chi connectivity index (χ2v) is 10.3. The number of hydrogen-bond donors (Lipinski definition) is 1. The Labute approximate surface area is 201 Å². The van der Waals surface area contributed by atoms with Crippen LogP contribution in [0.4, 0.5) is 5.13 Å². The van der Waals surface area contributed by atoms with Gasteiger partial charge in [0.1, 0.15) is 16.7 Å². The molecule has 1 aliphatic carbocycles. The van der Waals surface area contributed by atoms with Gasteiger partial charge in [-0.3, -0.25) is 14.5 Å². The number of ether oxygens (including phenoxy) is 2. The van der Waals surface area contributed by atoms with Crippen LogP contribution >= 0.6 is 11.3 Å². The van der Waals surface area contributed by atoms with Crippen molar-refractivity contribution in [3.63, 3.8) is 0 Å². The second-order valence-electron chi connectivity index (χ2n) is 9.37. The zero-order valence-electron chi connectivity index (χ0n) is 19.4. The molecule has 5 rings (SSSR count). The van der Waals surface area contributed by atoms with Crippen LogP contribution in [0.25, 0.3) is 0 Å². The third-order valence-corrected chi connectivity index (χ3v) is 8.42. The second kappa shape index (κ2) is 8.23. The first-order chi connectivity index (χ1) is 16.2. The molecule has 1 aromatic carbocycles. The van der Waals surface area contributed by atoms with Crippen molar-refractivity contribution >= 4 is 34.1 Å². The molecule has 2 aromatic rings. The fourth-order valence-corrected chi connectivity index (χ4v) is 6.21. The van der Waals surface area contributed by atoms with Gasteiger partial charge in [-0.15, -0.1) is 0 Å². The number of phenolic OH excluding ortho intramolecular Hbond substituents is 1. The van der Waals surface area contributed by atoms with Crippen molar-refractivity contribution in [1.82, 2.24) is 4.98 Å². The minimum absolute atomic E-state index is 0.0681. The van der Waals surface area contributed by atoms with E-state index in [0.29, 0.717) is 46.4 Å². The zero-order chi connectivity index (χ0) is 24.3. The van der Waals surface area contributed by atoms with Crippen LogP contribution in [0.2, 0.25) is 0 Å². The molecule has 0 bridgehead atoms. The Balaban J connectivity index is 1.63. The molecule has 5 unspecified atom stereocenters. The maximum absolute atomic E-state index is 13.8. The predicted molar refractivity (Wildman–Crippen MR) is 124 cm³/mol. The van der Waals surface area contributed by atoms with Crippen molar-refractivity contribution in [2.24, 2.45) is 17.8 Å². The molecule has 178 valence electrons. The number of phenols is 1. The number of methoxy groups -OCH3 is 1. The van der Waals surface area contributed by atoms with E-state index in [0.717, 1.165) is 11.3 Å². The van der Waals surface area contributed by atoms with Crippen molar-refractivity contribution in [3.8, 4) is 5.75 Å². The number of ketones is 1. The topological polar surface area (TPSA) is 106 Å². The molecule has 1 saturated carbocycles. The lowest BCUT2D eigenvalue weighted by Gasteiger charge is -2.40. The van der Waals surface area contributed by atoms with Crippen LogP contribution in [0.1, 0.15) is 53.7 Å². The average Bonchev–Trinajstić information content (AvgIpc) is 3.33. The van der Waals surface area contributed by atoms with E-state index in [4.69, 9.17) is 9.47 Å². The Morgan fingerprint density at radius 3 is 2.53 bits per heavy atom. The van der Waals surface area contributed by atoms with E-state index >= 15 is 0 Å². The van der Waals surface area contributed by atoms with Crippen molar-refractivity contribution in [1.29, 1.82) is 0 Å². The lowest BCUT2D eigenvalue weighted by atomic mass is 9.70. The number of thiazole rings is 1. The summed E-state index contributed by atoms with van der Waals surface area (Å²) in [7, 11) is 1.29. The highest BCUT2D eigenvalue weighted by molar-refractivity contribution is 7.17. The van der Waals surface area contributed by atoms with Crippen LogP contribution in [0, 0.1) is 24.7 Å². The largest absolute Gasteiger partial charge is 0.508 e. The SMILES string of the molecule is COC(=O)c1sc(N2C(=O)C3=C(C(=O)C4CC(C)C(C)CC4O3)C2c2ccc(O)cc2)nc1C. The van der Waals surface area contributed by atoms with Gasteiger partial charge in [-0.25, -0.2) is 9.78 Å². The smallest absolute Gasteiger partial charge is 0.350 e. The molecule has 8 nitrogen and oxygen atoms in total. The van der Waals surface area contributed by atoms with Gasteiger partial charge < -0.3 is 14.6 Å². The standard InChI is InChI=1S/C25H26N2O6S/c1-11-9-16-17(10-12(11)2)33-21-18(20(16)29)19(14-5-7-15(28)8-6-14)27(23(21)30)25-26-13(3)22(34-25)24(31)32-4/h5-8,11-12,16-17,19,28H,9-10H2,1-4H3. The van der Waals surface area contributed by atoms with Crippen LogP contribution in [-0.2, 0) is 19.1 Å². The molecule has 1 N–H and O–H groups in total. The molecule has 0 saturated heterocycles. The third kappa shape index (κ3) is 3.41. The van der Waals surface area contributed by atoms with Gasteiger partial charge in [0.25, 0.3) is 5.91 Å². The van der Waals surface area contributed by atoms with Gasteiger partial charge in [-0.1, -0.05) is 37.3 Å². The van der Waals surface area contributed by atoms with Crippen molar-refractivity contribution in [2.75, 3.05) is 12.0 Å². The first-order valence-corrected chi connectivity index (χ1v) is 12.2. The summed E-state index contributed by atoms with van der Waals surface area (Å²) in [5.74, 6) is -0.445. The number of fused-ring (bicyclic) bond motifs is 1. The Kier molecular flexibility index (Phi) is 5.47. The Morgan fingerprint density at radius 2 is 1.85 bits per heavy atom. The Morgan fingerprint density at radius 1 is 1.18 bits per heavy atom. The summed E-state index contributed by atoms with van der Waals surface area (Å²) in [6.07, 6.45) is 1.10. The van der Waals surface area contributed by atoms with Crippen molar-refractivity contribution in [2.45, 2.75) is 45.8 Å². The number of anilines is 1. The van der Waals surface area contributed by atoms with E-state index in [1.165, 1.54) is 24.1 Å². The molecule has 2 aliphatic heterocycles. The summed E-state index contributed by atoms with van der Waals surface area (Å²) < 4.78 is 11.1. The first-order valence-electron chi connectivity index (χ1n) is 11.3. The minimum Gasteiger partial charge on any atom is -0.508 e. The summed E-state index contributed by atoms with van der Waals surface area (Å²) in [5, 5.41) is 10.1. The molecule has 1 amide bonds. The number of aromatic nitrogens is 1. The van der Waals surface area contributed by atoms with Gasteiger partial charge in [0.15, 0.2) is 16.7 Å². The zero-order valence-corrected chi connectivity index (χ0v) is 20.2. The van der Waals surface area contributed by atoms with E-state index in [9.17, 15) is 19.5 Å². The first kappa shape index (κ1) is 22.6. The molecule has 5 atom stereocenters. The molecule has 1 fully saturated rings. The van der Waals surface area contributed by atoms with E-state index < -0.39 is 17.9 Å². The Bertz CT molecular complexity index is 1220. The minimum atomic E-state index is -0.762. The molecule has 0 radical (unpaired) electrons. The van der Waals surface area contributed by atoms with Crippen LogP contribution < -0.4 is 4.90 Å². The highest BCUT2D eigenvalue weighted by Crippen LogP contribution is 2.50. The maximum Gasteiger partial charge on any atom is 0.350 e. The number of benzene rings is 1. The highest BCUT2D eigenvalue weighted by Gasteiger charge is 2.54. The van der Waals surface area contributed by atoms with Crippen LogP contribution in [-0.4, -0.2) is 41.0 Å². The van der Waals surface area contributed by atoms with Crippen molar-refractivity contribution < 1.29 is 29.0 Å². The van der Waals surface area contributed by atoms with E-state index in [2.05, 4.69) is 18.8 Å². The van der Waals surface area contributed by atoms with E-state index in [-0.39, 0.29) is 34.4 Å². The van der Waals surface area contributed by atoms with E-state index in [1.54, 1.807) is 19.1 Å². The van der Waals surface area contributed by atoms with Gasteiger partial charge in [-0.2, -0.15) is 0 Å².